The van der Waals surface area contributed by atoms with E-state index in [1.165, 1.54) is 0 Å². The van der Waals surface area contributed by atoms with E-state index in [1.807, 2.05) is 6.07 Å². The fourth-order valence-electron chi connectivity index (χ4n) is 1.57. The first-order valence-corrected chi connectivity index (χ1v) is 5.39. The Morgan fingerprint density at radius 2 is 2.35 bits per heavy atom. The van der Waals surface area contributed by atoms with Gasteiger partial charge in [0.25, 0.3) is 0 Å². The van der Waals surface area contributed by atoms with E-state index in [9.17, 15) is 9.90 Å². The number of aromatic amines is 1. The quantitative estimate of drug-likeness (QED) is 0.563. The Balaban J connectivity index is 2.01. The Bertz CT molecular complexity index is 546. The predicted octanol–water partition coefficient (Wildman–Crippen LogP) is -0.470. The van der Waals surface area contributed by atoms with Crippen LogP contribution in [-0.2, 0) is 6.54 Å². The number of hydrogen-bond acceptors (Lipinski definition) is 5. The third-order valence-electron chi connectivity index (χ3n) is 2.47. The van der Waals surface area contributed by atoms with Gasteiger partial charge in [-0.1, -0.05) is 6.07 Å². The van der Waals surface area contributed by atoms with E-state index in [2.05, 4.69) is 10.3 Å². The van der Waals surface area contributed by atoms with Crippen molar-refractivity contribution < 1.29 is 9.52 Å². The lowest BCUT2D eigenvalue weighted by molar-refractivity contribution is 0.179. The summed E-state index contributed by atoms with van der Waals surface area (Å²) >= 11 is 0. The van der Waals surface area contributed by atoms with Gasteiger partial charge in [-0.15, -0.1) is 0 Å². The topological polar surface area (TPSA) is 104 Å². The summed E-state index contributed by atoms with van der Waals surface area (Å²) in [5, 5.41) is 12.3. The smallest absolute Gasteiger partial charge is 0.408 e. The van der Waals surface area contributed by atoms with E-state index in [0.29, 0.717) is 24.2 Å². The highest BCUT2D eigenvalue weighted by atomic mass is 16.4. The van der Waals surface area contributed by atoms with Crippen LogP contribution in [0.5, 0.6) is 0 Å². The van der Waals surface area contributed by atoms with Gasteiger partial charge in [0.1, 0.15) is 0 Å². The second-order valence-corrected chi connectivity index (χ2v) is 3.87. The standard InChI is InChI=1S/C11H15N3O3/c12-4-8(15)6-13-5-7-1-2-9-10(3-7)17-11(16)14-9/h1-3,8,13,15H,4-6,12H2,(H,14,16). The Labute approximate surface area is 97.4 Å². The van der Waals surface area contributed by atoms with Gasteiger partial charge in [0.05, 0.1) is 11.6 Å². The highest BCUT2D eigenvalue weighted by Gasteiger charge is 2.03. The van der Waals surface area contributed by atoms with E-state index in [-0.39, 0.29) is 6.54 Å². The summed E-state index contributed by atoms with van der Waals surface area (Å²) in [5.41, 5.74) is 7.48. The average Bonchev–Trinajstić information content (AvgIpc) is 2.68. The zero-order valence-corrected chi connectivity index (χ0v) is 9.27. The summed E-state index contributed by atoms with van der Waals surface area (Å²) in [4.78, 5) is 13.5. The van der Waals surface area contributed by atoms with E-state index < -0.39 is 11.9 Å². The minimum Gasteiger partial charge on any atom is -0.408 e. The van der Waals surface area contributed by atoms with Gasteiger partial charge in [-0.25, -0.2) is 4.79 Å². The van der Waals surface area contributed by atoms with Crippen LogP contribution < -0.4 is 16.8 Å². The van der Waals surface area contributed by atoms with Crippen LogP contribution in [0.1, 0.15) is 5.56 Å². The lowest BCUT2D eigenvalue weighted by Crippen LogP contribution is -2.32. The van der Waals surface area contributed by atoms with E-state index in [4.69, 9.17) is 10.2 Å². The molecule has 2 aromatic rings. The van der Waals surface area contributed by atoms with Crippen LogP contribution in [-0.4, -0.2) is 29.3 Å². The number of fused-ring (bicyclic) bond motifs is 1. The zero-order valence-electron chi connectivity index (χ0n) is 9.27. The predicted molar refractivity (Wildman–Crippen MR) is 63.6 cm³/mol. The molecule has 2 rings (SSSR count). The van der Waals surface area contributed by atoms with Crippen molar-refractivity contribution in [1.82, 2.24) is 10.3 Å². The molecule has 1 aromatic heterocycles. The molecule has 0 amide bonds. The monoisotopic (exact) mass is 237 g/mol. The summed E-state index contributed by atoms with van der Waals surface area (Å²) in [6.07, 6.45) is -0.538. The molecule has 17 heavy (non-hydrogen) atoms. The van der Waals surface area contributed by atoms with Crippen molar-refractivity contribution in [2.75, 3.05) is 13.1 Å². The second kappa shape index (κ2) is 5.13. The van der Waals surface area contributed by atoms with Gasteiger partial charge in [0.15, 0.2) is 5.58 Å². The summed E-state index contributed by atoms with van der Waals surface area (Å²) in [5.74, 6) is -0.455. The first-order chi connectivity index (χ1) is 8.19. The summed E-state index contributed by atoms with van der Waals surface area (Å²) in [6, 6.07) is 5.46. The molecule has 0 aliphatic rings. The van der Waals surface area contributed by atoms with Crippen molar-refractivity contribution in [1.29, 1.82) is 0 Å². The summed E-state index contributed by atoms with van der Waals surface area (Å²) in [7, 11) is 0. The molecule has 1 aromatic carbocycles. The molecule has 0 aliphatic carbocycles. The van der Waals surface area contributed by atoms with Gasteiger partial charge in [0, 0.05) is 19.6 Å². The molecular weight excluding hydrogens is 222 g/mol. The van der Waals surface area contributed by atoms with Crippen LogP contribution in [0.25, 0.3) is 11.1 Å². The summed E-state index contributed by atoms with van der Waals surface area (Å²) in [6.45, 7) is 1.26. The third kappa shape index (κ3) is 2.94. The second-order valence-electron chi connectivity index (χ2n) is 3.87. The summed E-state index contributed by atoms with van der Waals surface area (Å²) < 4.78 is 4.95. The molecule has 6 heteroatoms. The molecule has 0 fully saturated rings. The maximum Gasteiger partial charge on any atom is 0.417 e. The number of oxazole rings is 1. The van der Waals surface area contributed by atoms with Gasteiger partial charge in [0.2, 0.25) is 0 Å². The third-order valence-corrected chi connectivity index (χ3v) is 2.47. The molecule has 92 valence electrons. The molecule has 6 nitrogen and oxygen atoms in total. The molecule has 0 aliphatic heterocycles. The van der Waals surface area contributed by atoms with Gasteiger partial charge in [-0.3, -0.25) is 4.98 Å². The van der Waals surface area contributed by atoms with Crippen molar-refractivity contribution in [2.45, 2.75) is 12.6 Å². The molecule has 0 radical (unpaired) electrons. The van der Waals surface area contributed by atoms with Crippen LogP contribution in [0.15, 0.2) is 27.4 Å². The fraction of sp³-hybridized carbons (Fsp3) is 0.364. The first-order valence-electron chi connectivity index (χ1n) is 5.39. The Morgan fingerprint density at radius 3 is 3.12 bits per heavy atom. The van der Waals surface area contributed by atoms with Crippen molar-refractivity contribution in [3.05, 3.63) is 34.3 Å². The van der Waals surface area contributed by atoms with Gasteiger partial charge in [-0.2, -0.15) is 0 Å². The number of aromatic nitrogens is 1. The molecule has 1 heterocycles. The number of nitrogens with two attached hydrogens (primary N) is 1. The van der Waals surface area contributed by atoms with Crippen molar-refractivity contribution >= 4 is 11.1 Å². The van der Waals surface area contributed by atoms with Crippen LogP contribution >= 0.6 is 0 Å². The van der Waals surface area contributed by atoms with Crippen LogP contribution in [0.2, 0.25) is 0 Å². The maximum atomic E-state index is 11.0. The van der Waals surface area contributed by atoms with E-state index >= 15 is 0 Å². The van der Waals surface area contributed by atoms with E-state index in [0.717, 1.165) is 5.56 Å². The molecule has 1 unspecified atom stereocenters. The van der Waals surface area contributed by atoms with Gasteiger partial charge in [-0.05, 0) is 17.7 Å². The van der Waals surface area contributed by atoms with Crippen LogP contribution in [0.3, 0.4) is 0 Å². The first kappa shape index (κ1) is 11.8. The molecule has 0 saturated carbocycles. The Hall–Kier alpha value is -1.63. The molecule has 0 spiro atoms. The largest absolute Gasteiger partial charge is 0.417 e. The molecule has 0 saturated heterocycles. The van der Waals surface area contributed by atoms with Gasteiger partial charge >= 0.3 is 5.76 Å². The number of hydrogen-bond donors (Lipinski definition) is 4. The average molecular weight is 237 g/mol. The van der Waals surface area contributed by atoms with Crippen molar-refractivity contribution in [3.63, 3.8) is 0 Å². The normalized spacial score (nSPS) is 13.1. The zero-order chi connectivity index (χ0) is 12.3. The molecule has 0 bridgehead atoms. The fourth-order valence-corrected chi connectivity index (χ4v) is 1.57. The molecular formula is C11H15N3O3. The lowest BCUT2D eigenvalue weighted by atomic mass is 10.2. The minimum atomic E-state index is -0.538. The number of aliphatic hydroxyl groups excluding tert-OH is 1. The number of rotatable bonds is 5. The maximum absolute atomic E-state index is 11.0. The number of H-pyrrole nitrogens is 1. The van der Waals surface area contributed by atoms with Crippen molar-refractivity contribution in [2.24, 2.45) is 5.73 Å². The van der Waals surface area contributed by atoms with Gasteiger partial charge < -0.3 is 20.6 Å². The molecule has 5 N–H and O–H groups in total. The number of benzene rings is 1. The lowest BCUT2D eigenvalue weighted by Gasteiger charge is -2.08. The molecule has 1 atom stereocenters. The van der Waals surface area contributed by atoms with Crippen molar-refractivity contribution in [3.8, 4) is 0 Å². The number of aliphatic hydroxyl groups is 1. The highest BCUT2D eigenvalue weighted by Crippen LogP contribution is 2.11. The highest BCUT2D eigenvalue weighted by molar-refractivity contribution is 5.72. The Kier molecular flexibility index (Phi) is 3.58. The van der Waals surface area contributed by atoms with Crippen LogP contribution in [0.4, 0.5) is 0 Å². The Morgan fingerprint density at radius 1 is 1.53 bits per heavy atom. The van der Waals surface area contributed by atoms with Crippen LogP contribution in [0, 0.1) is 0 Å². The van der Waals surface area contributed by atoms with E-state index in [1.54, 1.807) is 12.1 Å². The number of nitrogens with one attached hydrogen (secondary N) is 2. The minimum absolute atomic E-state index is 0.235. The SMILES string of the molecule is NCC(O)CNCc1ccc2[nH]c(=O)oc2c1.